The summed E-state index contributed by atoms with van der Waals surface area (Å²) in [7, 11) is 0. The number of hydrogen-bond acceptors (Lipinski definition) is 3. The largest absolute Gasteiger partial charge is 0.506 e. The van der Waals surface area contributed by atoms with E-state index in [1.165, 1.54) is 0 Å². The third-order valence-electron chi connectivity index (χ3n) is 3.23. The second-order valence-electron chi connectivity index (χ2n) is 4.25. The van der Waals surface area contributed by atoms with Gasteiger partial charge in [-0.25, -0.2) is 0 Å². The Morgan fingerprint density at radius 1 is 1.24 bits per heavy atom. The van der Waals surface area contributed by atoms with Gasteiger partial charge in [-0.05, 0) is 35.0 Å². The van der Waals surface area contributed by atoms with Crippen molar-refractivity contribution in [3.63, 3.8) is 0 Å². The molecular formula is C12H16Br2N2O. The molecule has 1 heterocycles. The van der Waals surface area contributed by atoms with Crippen LogP contribution in [0.4, 0.5) is 0 Å². The number of nitrogens with zero attached hydrogens (tertiary/aromatic N) is 1. The zero-order chi connectivity index (χ0) is 12.4. The maximum Gasteiger partial charge on any atom is 0.135 e. The molecule has 2 rings (SSSR count). The minimum Gasteiger partial charge on any atom is -0.506 e. The van der Waals surface area contributed by atoms with Gasteiger partial charge in [-0.15, -0.1) is 0 Å². The third kappa shape index (κ3) is 2.84. The first-order chi connectivity index (χ1) is 8.11. The Kier molecular flexibility index (Phi) is 4.47. The summed E-state index contributed by atoms with van der Waals surface area (Å²) in [6, 6.07) is 4.04. The van der Waals surface area contributed by atoms with Crippen LogP contribution in [-0.2, 0) is 0 Å². The summed E-state index contributed by atoms with van der Waals surface area (Å²) in [5.74, 6) is 0.338. The van der Waals surface area contributed by atoms with Gasteiger partial charge in [0.2, 0.25) is 0 Å². The summed E-state index contributed by atoms with van der Waals surface area (Å²) in [4.78, 5) is 2.38. The molecule has 1 aromatic carbocycles. The van der Waals surface area contributed by atoms with Gasteiger partial charge in [-0.3, -0.25) is 4.90 Å². The molecule has 1 fully saturated rings. The zero-order valence-electron chi connectivity index (χ0n) is 9.71. The second kappa shape index (κ2) is 5.69. The first kappa shape index (κ1) is 13.3. The molecule has 0 unspecified atom stereocenters. The predicted octanol–water partition coefficient (Wildman–Crippen LogP) is 2.88. The van der Waals surface area contributed by atoms with Crippen LogP contribution in [0.2, 0.25) is 0 Å². The first-order valence-electron chi connectivity index (χ1n) is 5.73. The van der Waals surface area contributed by atoms with E-state index in [2.05, 4.69) is 49.0 Å². The summed E-state index contributed by atoms with van der Waals surface area (Å²) >= 11 is 6.90. The van der Waals surface area contributed by atoms with E-state index in [-0.39, 0.29) is 6.04 Å². The third-order valence-corrected chi connectivity index (χ3v) is 4.56. The number of aromatic hydroxyl groups is 1. The SMILES string of the molecule is C[C@@H](c1c(Br)ccc(Br)c1O)N1CCNCC1. The second-order valence-corrected chi connectivity index (χ2v) is 5.96. The van der Waals surface area contributed by atoms with Gasteiger partial charge < -0.3 is 10.4 Å². The molecule has 1 saturated heterocycles. The summed E-state index contributed by atoms with van der Waals surface area (Å²) in [5, 5.41) is 13.5. The Hall–Kier alpha value is -0.100. The maximum absolute atomic E-state index is 10.2. The Labute approximate surface area is 118 Å². The van der Waals surface area contributed by atoms with Crippen LogP contribution in [0.15, 0.2) is 21.1 Å². The molecule has 5 heteroatoms. The number of halogens is 2. The highest BCUT2D eigenvalue weighted by molar-refractivity contribution is 9.11. The van der Waals surface area contributed by atoms with Crippen molar-refractivity contribution in [3.05, 3.63) is 26.6 Å². The molecule has 1 aliphatic heterocycles. The van der Waals surface area contributed by atoms with Crippen molar-refractivity contribution < 1.29 is 5.11 Å². The Bertz CT molecular complexity index is 406. The van der Waals surface area contributed by atoms with Gasteiger partial charge in [0.05, 0.1) is 4.47 Å². The number of piperazine rings is 1. The van der Waals surface area contributed by atoms with Crippen LogP contribution in [0.1, 0.15) is 18.5 Å². The van der Waals surface area contributed by atoms with Gasteiger partial charge in [0.1, 0.15) is 5.75 Å². The smallest absolute Gasteiger partial charge is 0.135 e. The van der Waals surface area contributed by atoms with Gasteiger partial charge in [-0.2, -0.15) is 0 Å². The highest BCUT2D eigenvalue weighted by atomic mass is 79.9. The van der Waals surface area contributed by atoms with Crippen molar-refractivity contribution in [2.45, 2.75) is 13.0 Å². The Morgan fingerprint density at radius 3 is 2.47 bits per heavy atom. The van der Waals surface area contributed by atoms with Crippen LogP contribution in [0, 0.1) is 0 Å². The lowest BCUT2D eigenvalue weighted by Gasteiger charge is -2.33. The van der Waals surface area contributed by atoms with E-state index in [1.54, 1.807) is 0 Å². The molecule has 0 spiro atoms. The average molecular weight is 364 g/mol. The maximum atomic E-state index is 10.2. The van der Waals surface area contributed by atoms with Gasteiger partial charge in [0, 0.05) is 42.3 Å². The fraction of sp³-hybridized carbons (Fsp3) is 0.500. The number of hydrogen-bond donors (Lipinski definition) is 2. The van der Waals surface area contributed by atoms with E-state index in [1.807, 2.05) is 12.1 Å². The number of phenolic OH excluding ortho intramolecular Hbond substituents is 1. The van der Waals surface area contributed by atoms with Crippen LogP contribution >= 0.6 is 31.9 Å². The molecule has 1 atom stereocenters. The molecular weight excluding hydrogens is 348 g/mol. The van der Waals surface area contributed by atoms with Crippen molar-refractivity contribution >= 4 is 31.9 Å². The van der Waals surface area contributed by atoms with Crippen molar-refractivity contribution in [1.82, 2.24) is 10.2 Å². The Morgan fingerprint density at radius 2 is 1.82 bits per heavy atom. The van der Waals surface area contributed by atoms with E-state index in [0.717, 1.165) is 40.7 Å². The molecule has 0 aliphatic carbocycles. The van der Waals surface area contributed by atoms with E-state index in [4.69, 9.17) is 0 Å². The summed E-state index contributed by atoms with van der Waals surface area (Å²) < 4.78 is 1.71. The Balaban J connectivity index is 2.29. The standard InChI is InChI=1S/C12H16Br2N2O/c1-8(16-6-4-15-5-7-16)11-9(13)2-3-10(14)12(11)17/h2-3,8,15,17H,4-7H2,1H3/t8-/m0/s1. The monoisotopic (exact) mass is 362 g/mol. The molecule has 0 saturated carbocycles. The van der Waals surface area contributed by atoms with E-state index in [0.29, 0.717) is 5.75 Å². The summed E-state index contributed by atoms with van der Waals surface area (Å²) in [6.45, 7) is 6.18. The number of benzene rings is 1. The molecule has 0 bridgehead atoms. The molecule has 1 aromatic rings. The van der Waals surface area contributed by atoms with Crippen LogP contribution < -0.4 is 5.32 Å². The van der Waals surface area contributed by atoms with Crippen LogP contribution in [-0.4, -0.2) is 36.2 Å². The fourth-order valence-corrected chi connectivity index (χ4v) is 3.20. The van der Waals surface area contributed by atoms with E-state index < -0.39 is 0 Å². The number of phenols is 1. The molecule has 2 N–H and O–H groups in total. The lowest BCUT2D eigenvalue weighted by Crippen LogP contribution is -2.44. The minimum atomic E-state index is 0.212. The molecule has 1 aliphatic rings. The van der Waals surface area contributed by atoms with Crippen molar-refractivity contribution in [2.24, 2.45) is 0 Å². The van der Waals surface area contributed by atoms with E-state index in [9.17, 15) is 5.11 Å². The van der Waals surface area contributed by atoms with Crippen molar-refractivity contribution in [3.8, 4) is 5.75 Å². The lowest BCUT2D eigenvalue weighted by atomic mass is 10.1. The molecule has 17 heavy (non-hydrogen) atoms. The average Bonchev–Trinajstić information content (AvgIpc) is 2.35. The quantitative estimate of drug-likeness (QED) is 0.848. The predicted molar refractivity (Wildman–Crippen MR) is 76.4 cm³/mol. The van der Waals surface area contributed by atoms with Crippen LogP contribution in [0.3, 0.4) is 0 Å². The first-order valence-corrected chi connectivity index (χ1v) is 7.31. The highest BCUT2D eigenvalue weighted by Crippen LogP contribution is 2.39. The normalized spacial score (nSPS) is 19.2. The lowest BCUT2D eigenvalue weighted by molar-refractivity contribution is 0.182. The molecule has 0 radical (unpaired) electrons. The fourth-order valence-electron chi connectivity index (χ4n) is 2.21. The molecule has 94 valence electrons. The van der Waals surface area contributed by atoms with Gasteiger partial charge in [0.25, 0.3) is 0 Å². The van der Waals surface area contributed by atoms with Gasteiger partial charge in [0.15, 0.2) is 0 Å². The number of rotatable bonds is 2. The van der Waals surface area contributed by atoms with Crippen molar-refractivity contribution in [2.75, 3.05) is 26.2 Å². The van der Waals surface area contributed by atoms with Crippen LogP contribution in [0.25, 0.3) is 0 Å². The topological polar surface area (TPSA) is 35.5 Å². The minimum absolute atomic E-state index is 0.212. The summed E-state index contributed by atoms with van der Waals surface area (Å²) in [5.41, 5.74) is 0.960. The molecule has 0 amide bonds. The summed E-state index contributed by atoms with van der Waals surface area (Å²) in [6.07, 6.45) is 0. The highest BCUT2D eigenvalue weighted by Gasteiger charge is 2.23. The molecule has 0 aromatic heterocycles. The van der Waals surface area contributed by atoms with E-state index >= 15 is 0 Å². The van der Waals surface area contributed by atoms with Gasteiger partial charge in [-0.1, -0.05) is 15.9 Å². The zero-order valence-corrected chi connectivity index (χ0v) is 12.9. The van der Waals surface area contributed by atoms with Crippen molar-refractivity contribution in [1.29, 1.82) is 0 Å². The number of nitrogens with one attached hydrogen (secondary N) is 1. The molecule has 3 nitrogen and oxygen atoms in total. The van der Waals surface area contributed by atoms with Crippen LogP contribution in [0.5, 0.6) is 5.75 Å². The van der Waals surface area contributed by atoms with Gasteiger partial charge >= 0.3 is 0 Å².